The number of amides is 1. The SMILES string of the molecule is C=CCOc1c(/C=C2/SC(=Nc3ccc(C(=O)O)cc3)N(C)C2=O)cc([N+](=O)[O-])cc1OC. The molecule has 0 aromatic heterocycles. The number of thioether (sulfide) groups is 1. The van der Waals surface area contributed by atoms with Gasteiger partial charge in [-0.05, 0) is 42.1 Å². The topological polar surface area (TPSA) is 132 Å². The Bertz CT molecular complexity index is 1190. The lowest BCUT2D eigenvalue weighted by atomic mass is 10.1. The lowest BCUT2D eigenvalue weighted by Crippen LogP contribution is -2.23. The summed E-state index contributed by atoms with van der Waals surface area (Å²) in [6, 6.07) is 8.43. The number of carboxylic acid groups (broad SMARTS) is 1. The van der Waals surface area contributed by atoms with Crippen LogP contribution in [0.5, 0.6) is 11.5 Å². The van der Waals surface area contributed by atoms with Crippen LogP contribution in [0.2, 0.25) is 0 Å². The molecule has 1 aliphatic rings. The Morgan fingerprint density at radius 1 is 1.33 bits per heavy atom. The van der Waals surface area contributed by atoms with Gasteiger partial charge in [0.25, 0.3) is 11.6 Å². The Balaban J connectivity index is 2.01. The van der Waals surface area contributed by atoms with Crippen molar-refractivity contribution in [2.75, 3.05) is 20.8 Å². The minimum absolute atomic E-state index is 0.120. The minimum atomic E-state index is -1.05. The number of ether oxygens (including phenoxy) is 2. The van der Waals surface area contributed by atoms with Crippen LogP contribution in [0.4, 0.5) is 11.4 Å². The molecule has 0 spiro atoms. The molecule has 0 radical (unpaired) electrons. The molecule has 2 aromatic carbocycles. The number of aliphatic imine (C=N–C) groups is 1. The zero-order chi connectivity index (χ0) is 24.1. The van der Waals surface area contributed by atoms with Crippen molar-refractivity contribution < 1.29 is 29.1 Å². The van der Waals surface area contributed by atoms with Gasteiger partial charge >= 0.3 is 5.97 Å². The van der Waals surface area contributed by atoms with Gasteiger partial charge in [0.15, 0.2) is 16.7 Å². The molecule has 3 rings (SSSR count). The van der Waals surface area contributed by atoms with Gasteiger partial charge in [0, 0.05) is 18.7 Å². The van der Waals surface area contributed by atoms with E-state index in [1.54, 1.807) is 7.05 Å². The average Bonchev–Trinajstić information content (AvgIpc) is 3.05. The van der Waals surface area contributed by atoms with Crippen LogP contribution in [0.1, 0.15) is 15.9 Å². The summed E-state index contributed by atoms with van der Waals surface area (Å²) in [6.07, 6.45) is 2.99. The van der Waals surface area contributed by atoms with Gasteiger partial charge in [-0.3, -0.25) is 19.8 Å². The number of nitro benzene ring substituents is 1. The van der Waals surface area contributed by atoms with E-state index in [0.29, 0.717) is 16.4 Å². The van der Waals surface area contributed by atoms with Crippen molar-refractivity contribution in [1.29, 1.82) is 0 Å². The monoisotopic (exact) mass is 469 g/mol. The van der Waals surface area contributed by atoms with Gasteiger partial charge in [-0.1, -0.05) is 12.7 Å². The summed E-state index contributed by atoms with van der Waals surface area (Å²) in [5.74, 6) is -1.03. The molecule has 1 amide bonds. The fourth-order valence-electron chi connectivity index (χ4n) is 2.85. The average molecular weight is 469 g/mol. The summed E-state index contributed by atoms with van der Waals surface area (Å²) in [4.78, 5) is 40.6. The Labute approximate surface area is 193 Å². The van der Waals surface area contributed by atoms with Crippen LogP contribution in [-0.2, 0) is 4.79 Å². The smallest absolute Gasteiger partial charge is 0.335 e. The molecule has 1 fully saturated rings. The molecule has 33 heavy (non-hydrogen) atoms. The first-order chi connectivity index (χ1) is 15.7. The van der Waals surface area contributed by atoms with Crippen molar-refractivity contribution >= 4 is 46.3 Å². The number of likely N-dealkylation sites (N-methyl/N-ethyl adjacent to an activating group) is 1. The molecule has 0 bridgehead atoms. The van der Waals surface area contributed by atoms with Crippen LogP contribution in [0, 0.1) is 10.1 Å². The molecular weight excluding hydrogens is 450 g/mol. The normalized spacial score (nSPS) is 15.7. The molecule has 1 heterocycles. The quantitative estimate of drug-likeness (QED) is 0.265. The summed E-state index contributed by atoms with van der Waals surface area (Å²) in [5, 5.41) is 20.7. The molecule has 170 valence electrons. The summed E-state index contributed by atoms with van der Waals surface area (Å²) in [7, 11) is 2.91. The lowest BCUT2D eigenvalue weighted by molar-refractivity contribution is -0.385. The van der Waals surface area contributed by atoms with Crippen molar-refractivity contribution in [3.8, 4) is 11.5 Å². The maximum absolute atomic E-state index is 12.8. The summed E-state index contributed by atoms with van der Waals surface area (Å²) >= 11 is 1.07. The number of methoxy groups -OCH3 is 1. The van der Waals surface area contributed by atoms with Crippen LogP contribution in [0.3, 0.4) is 0 Å². The highest BCUT2D eigenvalue weighted by Crippen LogP contribution is 2.40. The third-order valence-electron chi connectivity index (χ3n) is 4.47. The van der Waals surface area contributed by atoms with E-state index in [9.17, 15) is 19.7 Å². The number of carbonyl (C=O) groups excluding carboxylic acids is 1. The molecule has 0 atom stereocenters. The van der Waals surface area contributed by atoms with Gasteiger partial charge < -0.3 is 14.6 Å². The number of benzene rings is 2. The molecule has 2 aromatic rings. The maximum atomic E-state index is 12.8. The van der Waals surface area contributed by atoms with E-state index in [1.807, 2.05) is 0 Å². The van der Waals surface area contributed by atoms with Gasteiger partial charge in [0.1, 0.15) is 6.61 Å². The van der Waals surface area contributed by atoms with Gasteiger partial charge in [0.05, 0.1) is 34.3 Å². The number of rotatable bonds is 8. The van der Waals surface area contributed by atoms with E-state index in [1.165, 1.54) is 60.6 Å². The van der Waals surface area contributed by atoms with Crippen LogP contribution < -0.4 is 9.47 Å². The third kappa shape index (κ3) is 5.21. The molecule has 1 N–H and O–H groups in total. The maximum Gasteiger partial charge on any atom is 0.335 e. The first-order valence-electron chi connectivity index (χ1n) is 9.45. The van der Waals surface area contributed by atoms with Crippen LogP contribution >= 0.6 is 11.8 Å². The predicted octanol–water partition coefficient (Wildman–Crippen LogP) is 4.10. The molecule has 0 unspecified atom stereocenters. The first-order valence-corrected chi connectivity index (χ1v) is 10.3. The number of hydrogen-bond donors (Lipinski definition) is 1. The van der Waals surface area contributed by atoms with E-state index < -0.39 is 10.9 Å². The van der Waals surface area contributed by atoms with E-state index in [-0.39, 0.29) is 40.2 Å². The van der Waals surface area contributed by atoms with E-state index in [0.717, 1.165) is 11.8 Å². The zero-order valence-electron chi connectivity index (χ0n) is 17.7. The van der Waals surface area contributed by atoms with Gasteiger partial charge in [-0.25, -0.2) is 9.79 Å². The molecule has 0 saturated carbocycles. The number of non-ortho nitro benzene ring substituents is 1. The van der Waals surface area contributed by atoms with Gasteiger partial charge in [-0.2, -0.15) is 0 Å². The van der Waals surface area contributed by atoms with E-state index in [4.69, 9.17) is 14.6 Å². The molecule has 0 aliphatic carbocycles. The summed E-state index contributed by atoms with van der Waals surface area (Å²) in [5.41, 5.74) is 0.658. The van der Waals surface area contributed by atoms with Gasteiger partial charge in [0.2, 0.25) is 0 Å². The van der Waals surface area contributed by atoms with Crippen LogP contribution in [0.15, 0.2) is 59.0 Å². The van der Waals surface area contributed by atoms with Crippen molar-refractivity contribution in [2.24, 2.45) is 4.99 Å². The van der Waals surface area contributed by atoms with E-state index in [2.05, 4.69) is 11.6 Å². The number of hydrogen-bond acceptors (Lipinski definition) is 8. The highest BCUT2D eigenvalue weighted by atomic mass is 32.2. The molecule has 10 nitrogen and oxygen atoms in total. The Morgan fingerprint density at radius 2 is 2.03 bits per heavy atom. The number of aromatic carboxylic acids is 1. The lowest BCUT2D eigenvalue weighted by Gasteiger charge is -2.12. The molecule has 11 heteroatoms. The predicted molar refractivity (Wildman–Crippen MR) is 124 cm³/mol. The molecule has 1 saturated heterocycles. The second-order valence-corrected chi connectivity index (χ2v) is 7.65. The molecule has 1 aliphatic heterocycles. The fourth-order valence-corrected chi connectivity index (χ4v) is 3.83. The fraction of sp³-hybridized carbons (Fsp3) is 0.136. The van der Waals surface area contributed by atoms with Crippen molar-refractivity contribution in [3.63, 3.8) is 0 Å². The highest BCUT2D eigenvalue weighted by Gasteiger charge is 2.31. The van der Waals surface area contributed by atoms with Crippen LogP contribution in [-0.4, -0.2) is 52.7 Å². The largest absolute Gasteiger partial charge is 0.493 e. The second kappa shape index (κ2) is 10.0. The molecular formula is C22H19N3O7S. The number of amidine groups is 1. The van der Waals surface area contributed by atoms with Crippen LogP contribution in [0.25, 0.3) is 6.08 Å². The van der Waals surface area contributed by atoms with Crippen molar-refractivity contribution in [1.82, 2.24) is 4.90 Å². The van der Waals surface area contributed by atoms with Crippen molar-refractivity contribution in [3.05, 3.63) is 75.2 Å². The highest BCUT2D eigenvalue weighted by molar-refractivity contribution is 8.18. The number of carboxylic acids is 1. The van der Waals surface area contributed by atoms with Crippen molar-refractivity contribution in [2.45, 2.75) is 0 Å². The Kier molecular flexibility index (Phi) is 7.13. The number of carbonyl (C=O) groups is 2. The number of nitrogens with zero attached hydrogens (tertiary/aromatic N) is 3. The Hall–Kier alpha value is -4.12. The standard InChI is InChI=1S/C22H19N3O7S/c1-4-9-32-19-14(10-16(25(29)30)12-17(19)31-3)11-18-20(26)24(2)22(33-18)23-15-7-5-13(6-8-15)21(27)28/h4-8,10-12H,1,9H2,2-3H3,(H,27,28)/b18-11+,23-22?. The second-order valence-electron chi connectivity index (χ2n) is 6.64. The third-order valence-corrected chi connectivity index (χ3v) is 5.53. The van der Waals surface area contributed by atoms with E-state index >= 15 is 0 Å². The number of nitro groups is 1. The first kappa shape index (κ1) is 23.5. The summed E-state index contributed by atoms with van der Waals surface area (Å²) in [6.45, 7) is 3.72. The van der Waals surface area contributed by atoms with Gasteiger partial charge in [-0.15, -0.1) is 0 Å². The summed E-state index contributed by atoms with van der Waals surface area (Å²) < 4.78 is 10.9. The zero-order valence-corrected chi connectivity index (χ0v) is 18.5. The minimum Gasteiger partial charge on any atom is -0.493 e. The Morgan fingerprint density at radius 3 is 2.61 bits per heavy atom.